The van der Waals surface area contributed by atoms with Crippen molar-refractivity contribution in [2.75, 3.05) is 0 Å². The minimum atomic E-state index is 0.147. The van der Waals surface area contributed by atoms with Crippen LogP contribution in [-0.2, 0) is 5.41 Å². The monoisotopic (exact) mass is 226 g/mol. The van der Waals surface area contributed by atoms with Gasteiger partial charge in [-0.1, -0.05) is 26.8 Å². The molecule has 14 heavy (non-hydrogen) atoms. The van der Waals surface area contributed by atoms with E-state index < -0.39 is 0 Å². The van der Waals surface area contributed by atoms with E-state index in [4.69, 9.17) is 0 Å². The van der Waals surface area contributed by atoms with Crippen LogP contribution in [0, 0.1) is 13.8 Å². The van der Waals surface area contributed by atoms with E-state index in [1.807, 2.05) is 0 Å². The van der Waals surface area contributed by atoms with E-state index >= 15 is 0 Å². The Bertz CT molecular complexity index is 360. The van der Waals surface area contributed by atoms with Crippen molar-refractivity contribution >= 4 is 25.3 Å². The fourth-order valence-electron chi connectivity index (χ4n) is 1.53. The molecule has 0 saturated heterocycles. The quantitative estimate of drug-likeness (QED) is 0.609. The molecule has 0 N–H and O–H groups in total. The number of aryl methyl sites for hydroxylation is 1. The van der Waals surface area contributed by atoms with Crippen molar-refractivity contribution in [1.29, 1.82) is 0 Å². The smallest absolute Gasteiger partial charge is 0.0118 e. The van der Waals surface area contributed by atoms with Gasteiger partial charge in [0.25, 0.3) is 0 Å². The molecule has 1 aromatic rings. The SMILES string of the molecule is Cc1cc(C(C)(C)C)c(S)c(C)c1S. The van der Waals surface area contributed by atoms with E-state index in [1.54, 1.807) is 0 Å². The molecule has 0 aromatic heterocycles. The van der Waals surface area contributed by atoms with E-state index in [-0.39, 0.29) is 5.41 Å². The third-order valence-corrected chi connectivity index (χ3v) is 3.77. The van der Waals surface area contributed by atoms with Crippen molar-refractivity contribution in [1.82, 2.24) is 0 Å². The van der Waals surface area contributed by atoms with Crippen LogP contribution in [0.4, 0.5) is 0 Å². The van der Waals surface area contributed by atoms with E-state index in [0.717, 1.165) is 9.79 Å². The Morgan fingerprint density at radius 2 is 1.50 bits per heavy atom. The van der Waals surface area contributed by atoms with Gasteiger partial charge >= 0.3 is 0 Å². The highest BCUT2D eigenvalue weighted by Crippen LogP contribution is 2.34. The van der Waals surface area contributed by atoms with Crippen LogP contribution in [0.3, 0.4) is 0 Å². The molecule has 0 unspecified atom stereocenters. The van der Waals surface area contributed by atoms with Crippen LogP contribution in [-0.4, -0.2) is 0 Å². The van der Waals surface area contributed by atoms with E-state index in [2.05, 4.69) is 65.9 Å². The van der Waals surface area contributed by atoms with Gasteiger partial charge in [0.1, 0.15) is 0 Å². The molecule has 0 radical (unpaired) electrons. The second kappa shape index (κ2) is 3.82. The predicted octanol–water partition coefficient (Wildman–Crippen LogP) is 4.18. The lowest BCUT2D eigenvalue weighted by Gasteiger charge is -2.24. The lowest BCUT2D eigenvalue weighted by atomic mass is 9.85. The molecule has 1 rings (SSSR count). The van der Waals surface area contributed by atoms with Crippen LogP contribution in [0.1, 0.15) is 37.5 Å². The maximum absolute atomic E-state index is 4.57. The van der Waals surface area contributed by atoms with Gasteiger partial charge in [-0.2, -0.15) is 0 Å². The van der Waals surface area contributed by atoms with Crippen molar-refractivity contribution < 1.29 is 0 Å². The summed E-state index contributed by atoms with van der Waals surface area (Å²) in [5, 5.41) is 0. The molecule has 2 heteroatoms. The third-order valence-electron chi connectivity index (χ3n) is 2.51. The summed E-state index contributed by atoms with van der Waals surface area (Å²) in [6.07, 6.45) is 0. The van der Waals surface area contributed by atoms with Gasteiger partial charge in [0.2, 0.25) is 0 Å². The normalized spacial score (nSPS) is 11.9. The van der Waals surface area contributed by atoms with E-state index in [0.29, 0.717) is 0 Å². The molecule has 0 spiro atoms. The molecule has 0 aliphatic heterocycles. The summed E-state index contributed by atoms with van der Waals surface area (Å²) in [6.45, 7) is 10.8. The van der Waals surface area contributed by atoms with Crippen LogP contribution < -0.4 is 0 Å². The first-order valence-electron chi connectivity index (χ1n) is 4.77. The molecule has 0 aliphatic carbocycles. The first kappa shape index (κ1) is 12.0. The molecule has 0 nitrogen and oxygen atoms in total. The standard InChI is InChI=1S/C12H18S2/c1-7-6-9(12(3,4)5)11(14)8(2)10(7)13/h6,13-14H,1-5H3. The summed E-state index contributed by atoms with van der Waals surface area (Å²) >= 11 is 9.05. The molecular formula is C12H18S2. The fourth-order valence-corrected chi connectivity index (χ4v) is 2.31. The molecule has 0 bridgehead atoms. The molecule has 0 saturated carbocycles. The summed E-state index contributed by atoms with van der Waals surface area (Å²) < 4.78 is 0. The molecule has 1 aromatic carbocycles. The average molecular weight is 226 g/mol. The van der Waals surface area contributed by atoms with Gasteiger partial charge < -0.3 is 0 Å². The number of hydrogen-bond acceptors (Lipinski definition) is 2. The summed E-state index contributed by atoms with van der Waals surface area (Å²) in [7, 11) is 0. The Morgan fingerprint density at radius 1 is 1.00 bits per heavy atom. The van der Waals surface area contributed by atoms with Gasteiger partial charge in [-0.05, 0) is 36.0 Å². The van der Waals surface area contributed by atoms with Crippen molar-refractivity contribution in [3.05, 3.63) is 22.8 Å². The van der Waals surface area contributed by atoms with Gasteiger partial charge in [0.15, 0.2) is 0 Å². The fraction of sp³-hybridized carbons (Fsp3) is 0.500. The second-order valence-corrected chi connectivity index (χ2v) is 5.71. The van der Waals surface area contributed by atoms with Crippen molar-refractivity contribution in [2.24, 2.45) is 0 Å². The van der Waals surface area contributed by atoms with Crippen LogP contribution in [0.15, 0.2) is 15.9 Å². The Hall–Kier alpha value is -0.0800. The molecule has 0 amide bonds. The second-order valence-electron chi connectivity index (χ2n) is 4.81. The molecule has 0 atom stereocenters. The highest BCUT2D eigenvalue weighted by atomic mass is 32.1. The number of thiol groups is 2. The molecule has 0 fully saturated rings. The maximum Gasteiger partial charge on any atom is 0.0118 e. The van der Waals surface area contributed by atoms with Gasteiger partial charge in [0, 0.05) is 9.79 Å². The summed E-state index contributed by atoms with van der Waals surface area (Å²) in [5.74, 6) is 0. The minimum Gasteiger partial charge on any atom is -0.143 e. The lowest BCUT2D eigenvalue weighted by molar-refractivity contribution is 0.575. The zero-order valence-electron chi connectivity index (χ0n) is 9.47. The number of hydrogen-bond donors (Lipinski definition) is 2. The Kier molecular flexibility index (Phi) is 3.27. The van der Waals surface area contributed by atoms with Crippen molar-refractivity contribution in [2.45, 2.75) is 49.8 Å². The largest absolute Gasteiger partial charge is 0.143 e. The average Bonchev–Trinajstić information content (AvgIpc) is 2.06. The Morgan fingerprint density at radius 3 is 1.93 bits per heavy atom. The minimum absolute atomic E-state index is 0.147. The molecular weight excluding hydrogens is 208 g/mol. The van der Waals surface area contributed by atoms with Crippen LogP contribution in [0.25, 0.3) is 0 Å². The van der Waals surface area contributed by atoms with Gasteiger partial charge in [-0.3, -0.25) is 0 Å². The highest BCUT2D eigenvalue weighted by Gasteiger charge is 2.19. The zero-order chi connectivity index (χ0) is 11.1. The van der Waals surface area contributed by atoms with Crippen LogP contribution in [0.5, 0.6) is 0 Å². The van der Waals surface area contributed by atoms with Gasteiger partial charge in [-0.25, -0.2) is 0 Å². The molecule has 0 aliphatic rings. The van der Waals surface area contributed by atoms with Crippen molar-refractivity contribution in [3.8, 4) is 0 Å². The number of rotatable bonds is 0. The van der Waals surface area contributed by atoms with Crippen molar-refractivity contribution in [3.63, 3.8) is 0 Å². The summed E-state index contributed by atoms with van der Waals surface area (Å²) in [5.41, 5.74) is 3.86. The van der Waals surface area contributed by atoms with Crippen LogP contribution in [0.2, 0.25) is 0 Å². The van der Waals surface area contributed by atoms with Gasteiger partial charge in [-0.15, -0.1) is 25.3 Å². The zero-order valence-corrected chi connectivity index (χ0v) is 11.3. The molecule has 78 valence electrons. The topological polar surface area (TPSA) is 0 Å². The predicted molar refractivity (Wildman–Crippen MR) is 69.1 cm³/mol. The van der Waals surface area contributed by atoms with E-state index in [1.165, 1.54) is 16.7 Å². The highest BCUT2D eigenvalue weighted by molar-refractivity contribution is 7.81. The Labute approximate surface area is 97.9 Å². The molecule has 0 heterocycles. The first-order chi connectivity index (χ1) is 6.25. The summed E-state index contributed by atoms with van der Waals surface area (Å²) in [6, 6.07) is 2.19. The first-order valence-corrected chi connectivity index (χ1v) is 5.67. The van der Waals surface area contributed by atoms with E-state index in [9.17, 15) is 0 Å². The third kappa shape index (κ3) is 2.12. The summed E-state index contributed by atoms with van der Waals surface area (Å²) in [4.78, 5) is 2.14. The Balaban J connectivity index is 3.49. The lowest BCUT2D eigenvalue weighted by Crippen LogP contribution is -2.13. The maximum atomic E-state index is 4.57. The van der Waals surface area contributed by atoms with Gasteiger partial charge in [0.05, 0.1) is 0 Å². The van der Waals surface area contributed by atoms with Crippen LogP contribution >= 0.6 is 25.3 Å². The number of benzene rings is 1.